The van der Waals surface area contributed by atoms with E-state index in [1.165, 1.54) is 0 Å². The van der Waals surface area contributed by atoms with E-state index in [-0.39, 0.29) is 17.8 Å². The number of amidine groups is 1. The summed E-state index contributed by atoms with van der Waals surface area (Å²) in [6.07, 6.45) is 2.35. The van der Waals surface area contributed by atoms with Gasteiger partial charge < -0.3 is 16.3 Å². The Morgan fingerprint density at radius 2 is 2.12 bits per heavy atom. The Bertz CT molecular complexity index is 298. The lowest BCUT2D eigenvalue weighted by Crippen LogP contribution is -2.46. The Morgan fingerprint density at radius 1 is 1.56 bits per heavy atom. The minimum Gasteiger partial charge on any atom is -0.409 e. The molecule has 1 saturated carbocycles. The van der Waals surface area contributed by atoms with Gasteiger partial charge in [-0.15, -0.1) is 0 Å². The van der Waals surface area contributed by atoms with Crippen molar-refractivity contribution in [2.75, 3.05) is 0 Å². The molecule has 0 aromatic heterocycles. The molecule has 0 heterocycles. The maximum atomic E-state index is 12.0. The molecular formula is C11H21N3O2. The number of amides is 1. The van der Waals surface area contributed by atoms with Crippen molar-refractivity contribution in [3.05, 3.63) is 0 Å². The van der Waals surface area contributed by atoms with Gasteiger partial charge >= 0.3 is 0 Å². The van der Waals surface area contributed by atoms with Gasteiger partial charge in [-0.25, -0.2) is 0 Å². The fourth-order valence-corrected chi connectivity index (χ4v) is 1.66. The summed E-state index contributed by atoms with van der Waals surface area (Å²) >= 11 is 0. The zero-order valence-electron chi connectivity index (χ0n) is 10.2. The van der Waals surface area contributed by atoms with Crippen LogP contribution in [0.4, 0.5) is 0 Å². The molecule has 0 bridgehead atoms. The molecule has 2 unspecified atom stereocenters. The Kier molecular flexibility index (Phi) is 3.78. The Morgan fingerprint density at radius 3 is 2.50 bits per heavy atom. The molecule has 4 N–H and O–H groups in total. The highest BCUT2D eigenvalue weighted by Gasteiger charge is 2.54. The molecule has 0 aromatic carbocycles. The normalized spacial score (nSPS) is 22.3. The number of carbonyl (C=O) groups excluding carboxylic acids is 1. The molecule has 2 atom stereocenters. The summed E-state index contributed by atoms with van der Waals surface area (Å²) in [5.74, 6) is 0.337. The molecular weight excluding hydrogens is 206 g/mol. The molecule has 16 heavy (non-hydrogen) atoms. The highest BCUT2D eigenvalue weighted by atomic mass is 16.4. The van der Waals surface area contributed by atoms with Crippen molar-refractivity contribution in [3.63, 3.8) is 0 Å². The molecule has 1 rings (SSSR count). The van der Waals surface area contributed by atoms with E-state index in [1.807, 2.05) is 6.92 Å². The van der Waals surface area contributed by atoms with Gasteiger partial charge in [0.15, 0.2) is 5.84 Å². The van der Waals surface area contributed by atoms with Crippen molar-refractivity contribution in [1.82, 2.24) is 5.32 Å². The number of hydrogen-bond donors (Lipinski definition) is 3. The minimum absolute atomic E-state index is 0.0290. The van der Waals surface area contributed by atoms with Crippen molar-refractivity contribution >= 4 is 11.7 Å². The monoisotopic (exact) mass is 227 g/mol. The maximum Gasteiger partial charge on any atom is 0.234 e. The van der Waals surface area contributed by atoms with Crippen LogP contribution in [0.15, 0.2) is 5.16 Å². The van der Waals surface area contributed by atoms with Crippen LogP contribution in [0.3, 0.4) is 0 Å². The van der Waals surface area contributed by atoms with E-state index in [2.05, 4.69) is 24.3 Å². The summed E-state index contributed by atoms with van der Waals surface area (Å²) in [6.45, 7) is 6.16. The van der Waals surface area contributed by atoms with Crippen molar-refractivity contribution in [3.8, 4) is 0 Å². The first-order chi connectivity index (χ1) is 7.47. The van der Waals surface area contributed by atoms with Gasteiger partial charge in [0, 0.05) is 6.04 Å². The molecule has 5 heteroatoms. The van der Waals surface area contributed by atoms with E-state index in [9.17, 15) is 4.79 Å². The van der Waals surface area contributed by atoms with Crippen LogP contribution >= 0.6 is 0 Å². The number of nitrogens with zero attached hydrogens (tertiary/aromatic N) is 1. The van der Waals surface area contributed by atoms with E-state index in [0.717, 1.165) is 6.42 Å². The van der Waals surface area contributed by atoms with Crippen molar-refractivity contribution in [2.45, 2.75) is 46.1 Å². The lowest BCUT2D eigenvalue weighted by Gasteiger charge is -2.22. The molecule has 0 spiro atoms. The topological polar surface area (TPSA) is 87.7 Å². The van der Waals surface area contributed by atoms with Gasteiger partial charge in [0.25, 0.3) is 0 Å². The Labute approximate surface area is 96.1 Å². The van der Waals surface area contributed by atoms with E-state index in [0.29, 0.717) is 18.8 Å². The van der Waals surface area contributed by atoms with Gasteiger partial charge in [-0.1, -0.05) is 25.4 Å². The predicted molar refractivity (Wildman–Crippen MR) is 62.1 cm³/mol. The second kappa shape index (κ2) is 4.72. The molecule has 1 amide bonds. The first-order valence-electron chi connectivity index (χ1n) is 5.77. The molecule has 1 aliphatic rings. The standard InChI is InChI=1S/C11H21N3O2/c1-4-7(2)8(3)13-10(15)11(5-6-11)9(12)14-16/h7-8,16H,4-6H2,1-3H3,(H2,12,14)(H,13,15). The van der Waals surface area contributed by atoms with Gasteiger partial charge in [0.05, 0.1) is 0 Å². The number of nitrogens with two attached hydrogens (primary N) is 1. The average molecular weight is 227 g/mol. The Hall–Kier alpha value is -1.26. The number of rotatable bonds is 5. The van der Waals surface area contributed by atoms with E-state index in [4.69, 9.17) is 10.9 Å². The molecule has 1 aliphatic carbocycles. The largest absolute Gasteiger partial charge is 0.409 e. The molecule has 1 fully saturated rings. The molecule has 0 aromatic rings. The van der Waals surface area contributed by atoms with Crippen LogP contribution in [0.2, 0.25) is 0 Å². The summed E-state index contributed by atoms with van der Waals surface area (Å²) in [6, 6.07) is 0.112. The van der Waals surface area contributed by atoms with Crippen LogP contribution in [0, 0.1) is 11.3 Å². The van der Waals surface area contributed by atoms with E-state index < -0.39 is 5.41 Å². The summed E-state index contributed by atoms with van der Waals surface area (Å²) < 4.78 is 0. The zero-order valence-corrected chi connectivity index (χ0v) is 10.2. The van der Waals surface area contributed by atoms with Gasteiger partial charge in [0.1, 0.15) is 5.41 Å². The average Bonchev–Trinajstić information content (AvgIpc) is 3.07. The molecule has 0 saturated heterocycles. The third-order valence-electron chi connectivity index (χ3n) is 3.64. The number of carbonyl (C=O) groups is 1. The molecule has 92 valence electrons. The minimum atomic E-state index is -0.740. The van der Waals surface area contributed by atoms with Gasteiger partial charge in [0.2, 0.25) is 5.91 Å². The third-order valence-corrected chi connectivity index (χ3v) is 3.64. The van der Waals surface area contributed by atoms with E-state index >= 15 is 0 Å². The fourth-order valence-electron chi connectivity index (χ4n) is 1.66. The van der Waals surface area contributed by atoms with Crippen LogP contribution in [-0.2, 0) is 4.79 Å². The lowest BCUT2D eigenvalue weighted by atomic mass is 9.98. The first-order valence-corrected chi connectivity index (χ1v) is 5.77. The second-order valence-electron chi connectivity index (χ2n) is 4.72. The highest BCUT2D eigenvalue weighted by Crippen LogP contribution is 2.46. The van der Waals surface area contributed by atoms with Crippen molar-refractivity contribution in [2.24, 2.45) is 22.2 Å². The summed E-state index contributed by atoms with van der Waals surface area (Å²) in [5.41, 5.74) is 4.80. The Balaban J connectivity index is 2.60. The quantitative estimate of drug-likeness (QED) is 0.284. The molecule has 0 aliphatic heterocycles. The van der Waals surface area contributed by atoms with Crippen LogP contribution in [0.5, 0.6) is 0 Å². The van der Waals surface area contributed by atoms with Crippen LogP contribution < -0.4 is 11.1 Å². The third kappa shape index (κ3) is 2.28. The number of nitrogens with one attached hydrogen (secondary N) is 1. The van der Waals surface area contributed by atoms with Gasteiger partial charge in [-0.3, -0.25) is 4.79 Å². The SMILES string of the molecule is CCC(C)C(C)NC(=O)C1(C(N)=NO)CC1. The molecule has 0 radical (unpaired) electrons. The smallest absolute Gasteiger partial charge is 0.234 e. The van der Waals surface area contributed by atoms with Crippen molar-refractivity contribution < 1.29 is 10.0 Å². The maximum absolute atomic E-state index is 12.0. The van der Waals surface area contributed by atoms with Crippen molar-refractivity contribution in [1.29, 1.82) is 0 Å². The number of oxime groups is 1. The summed E-state index contributed by atoms with van der Waals surface area (Å²) in [7, 11) is 0. The fraction of sp³-hybridized carbons (Fsp3) is 0.818. The van der Waals surface area contributed by atoms with Crippen LogP contribution in [0.25, 0.3) is 0 Å². The lowest BCUT2D eigenvalue weighted by molar-refractivity contribution is -0.125. The zero-order chi connectivity index (χ0) is 12.3. The summed E-state index contributed by atoms with van der Waals surface area (Å²) in [4.78, 5) is 12.0. The van der Waals surface area contributed by atoms with Gasteiger partial charge in [-0.05, 0) is 25.7 Å². The first kappa shape index (κ1) is 12.8. The molecule has 5 nitrogen and oxygen atoms in total. The number of hydrogen-bond acceptors (Lipinski definition) is 3. The van der Waals surface area contributed by atoms with Crippen LogP contribution in [0.1, 0.15) is 40.0 Å². The predicted octanol–water partition coefficient (Wildman–Crippen LogP) is 1.06. The second-order valence-corrected chi connectivity index (χ2v) is 4.72. The van der Waals surface area contributed by atoms with E-state index in [1.54, 1.807) is 0 Å². The highest BCUT2D eigenvalue weighted by molar-refractivity contribution is 6.09. The van der Waals surface area contributed by atoms with Gasteiger partial charge in [-0.2, -0.15) is 0 Å². The summed E-state index contributed by atoms with van der Waals surface area (Å²) in [5, 5.41) is 14.5. The van der Waals surface area contributed by atoms with Crippen LogP contribution in [-0.4, -0.2) is 23.0 Å².